The SMILES string of the molecule is C/C(=C\C(=O)NN)C(C)(C)C.Cl. The highest BCUT2D eigenvalue weighted by Gasteiger charge is 2.12. The molecule has 72 valence electrons. The molecule has 0 aromatic carbocycles. The number of hydrogen-bond acceptors (Lipinski definition) is 2. The van der Waals surface area contributed by atoms with Crippen LogP contribution in [0.3, 0.4) is 0 Å². The van der Waals surface area contributed by atoms with Gasteiger partial charge in [0.15, 0.2) is 0 Å². The van der Waals surface area contributed by atoms with Gasteiger partial charge >= 0.3 is 0 Å². The Morgan fingerprint density at radius 2 is 1.83 bits per heavy atom. The van der Waals surface area contributed by atoms with Crippen LogP contribution in [-0.2, 0) is 4.79 Å². The molecule has 0 radical (unpaired) electrons. The number of allylic oxidation sites excluding steroid dienone is 1. The summed E-state index contributed by atoms with van der Waals surface area (Å²) in [4.78, 5) is 10.8. The van der Waals surface area contributed by atoms with Crippen LogP contribution >= 0.6 is 12.4 Å². The van der Waals surface area contributed by atoms with E-state index in [1.54, 1.807) is 0 Å². The molecular weight excluding hydrogens is 176 g/mol. The first-order valence-electron chi connectivity index (χ1n) is 3.57. The van der Waals surface area contributed by atoms with Crippen molar-refractivity contribution in [3.8, 4) is 0 Å². The van der Waals surface area contributed by atoms with E-state index < -0.39 is 0 Å². The fraction of sp³-hybridized carbons (Fsp3) is 0.625. The lowest BCUT2D eigenvalue weighted by atomic mass is 9.87. The Bertz CT molecular complexity index is 182. The van der Waals surface area contributed by atoms with Crippen molar-refractivity contribution in [1.29, 1.82) is 0 Å². The van der Waals surface area contributed by atoms with Crippen LogP contribution in [0.4, 0.5) is 0 Å². The number of rotatable bonds is 1. The summed E-state index contributed by atoms with van der Waals surface area (Å²) in [6, 6.07) is 0. The summed E-state index contributed by atoms with van der Waals surface area (Å²) in [5.41, 5.74) is 3.10. The van der Waals surface area contributed by atoms with Crippen LogP contribution in [0.2, 0.25) is 0 Å². The summed E-state index contributed by atoms with van der Waals surface area (Å²) in [5.74, 6) is 4.67. The van der Waals surface area contributed by atoms with Crippen molar-refractivity contribution in [3.05, 3.63) is 11.6 Å². The lowest BCUT2D eigenvalue weighted by molar-refractivity contribution is -0.116. The second-order valence-corrected chi connectivity index (χ2v) is 3.59. The van der Waals surface area contributed by atoms with Gasteiger partial charge in [-0.2, -0.15) is 0 Å². The Hall–Kier alpha value is -0.540. The molecule has 0 aromatic rings. The zero-order chi connectivity index (χ0) is 9.07. The Balaban J connectivity index is 0. The molecular formula is C8H17ClN2O. The smallest absolute Gasteiger partial charge is 0.257 e. The maximum Gasteiger partial charge on any atom is 0.257 e. The molecule has 1 amide bonds. The van der Waals surface area contributed by atoms with Crippen LogP contribution in [0.1, 0.15) is 27.7 Å². The van der Waals surface area contributed by atoms with Crippen molar-refractivity contribution in [1.82, 2.24) is 5.43 Å². The zero-order valence-corrected chi connectivity index (χ0v) is 8.79. The monoisotopic (exact) mass is 192 g/mol. The van der Waals surface area contributed by atoms with E-state index in [1.165, 1.54) is 6.08 Å². The molecule has 0 atom stereocenters. The molecule has 0 saturated carbocycles. The highest BCUT2D eigenvalue weighted by atomic mass is 35.5. The quantitative estimate of drug-likeness (QED) is 0.286. The lowest BCUT2D eigenvalue weighted by Gasteiger charge is -2.18. The molecule has 0 spiro atoms. The third-order valence-electron chi connectivity index (χ3n) is 1.67. The van der Waals surface area contributed by atoms with E-state index in [-0.39, 0.29) is 23.7 Å². The van der Waals surface area contributed by atoms with Crippen LogP contribution in [0.5, 0.6) is 0 Å². The lowest BCUT2D eigenvalue weighted by Crippen LogP contribution is -2.29. The van der Waals surface area contributed by atoms with Crippen LogP contribution in [0.25, 0.3) is 0 Å². The molecule has 0 saturated heterocycles. The van der Waals surface area contributed by atoms with Gasteiger partial charge in [-0.3, -0.25) is 10.2 Å². The number of carbonyl (C=O) groups excluding carboxylic acids is 1. The minimum Gasteiger partial charge on any atom is -0.291 e. The summed E-state index contributed by atoms with van der Waals surface area (Å²) in [6.45, 7) is 8.04. The molecule has 0 unspecified atom stereocenters. The first-order valence-corrected chi connectivity index (χ1v) is 3.57. The maximum atomic E-state index is 10.8. The van der Waals surface area contributed by atoms with E-state index in [9.17, 15) is 4.79 Å². The Labute approximate surface area is 79.8 Å². The normalized spacial score (nSPS) is 11.9. The van der Waals surface area contributed by atoms with Gasteiger partial charge in [0, 0.05) is 6.08 Å². The van der Waals surface area contributed by atoms with Gasteiger partial charge < -0.3 is 0 Å². The van der Waals surface area contributed by atoms with E-state index in [4.69, 9.17) is 5.84 Å². The van der Waals surface area contributed by atoms with Gasteiger partial charge in [0.2, 0.25) is 0 Å². The van der Waals surface area contributed by atoms with E-state index in [2.05, 4.69) is 5.43 Å². The summed E-state index contributed by atoms with van der Waals surface area (Å²) in [7, 11) is 0. The fourth-order valence-corrected chi connectivity index (χ4v) is 0.455. The topological polar surface area (TPSA) is 55.1 Å². The summed E-state index contributed by atoms with van der Waals surface area (Å²) >= 11 is 0. The highest BCUT2D eigenvalue weighted by molar-refractivity contribution is 5.87. The van der Waals surface area contributed by atoms with E-state index >= 15 is 0 Å². The van der Waals surface area contributed by atoms with Gasteiger partial charge in [-0.05, 0) is 12.3 Å². The number of carbonyl (C=O) groups is 1. The van der Waals surface area contributed by atoms with Crippen molar-refractivity contribution in [3.63, 3.8) is 0 Å². The first kappa shape index (κ1) is 14.0. The van der Waals surface area contributed by atoms with Crippen LogP contribution in [0.15, 0.2) is 11.6 Å². The molecule has 0 aliphatic rings. The molecule has 3 nitrogen and oxygen atoms in total. The number of nitrogens with two attached hydrogens (primary N) is 1. The number of hydrogen-bond donors (Lipinski definition) is 2. The summed E-state index contributed by atoms with van der Waals surface area (Å²) < 4.78 is 0. The molecule has 3 N–H and O–H groups in total. The molecule has 0 aliphatic heterocycles. The second-order valence-electron chi connectivity index (χ2n) is 3.59. The average molecular weight is 193 g/mol. The third kappa shape index (κ3) is 5.16. The highest BCUT2D eigenvalue weighted by Crippen LogP contribution is 2.23. The minimum atomic E-state index is -0.252. The van der Waals surface area contributed by atoms with Crippen molar-refractivity contribution < 1.29 is 4.79 Å². The molecule has 4 heteroatoms. The summed E-state index contributed by atoms with van der Waals surface area (Å²) in [5, 5.41) is 0. The van der Waals surface area contributed by atoms with Crippen LogP contribution < -0.4 is 11.3 Å². The molecule has 12 heavy (non-hydrogen) atoms. The van der Waals surface area contributed by atoms with Gasteiger partial charge in [0.05, 0.1) is 0 Å². The molecule has 0 fully saturated rings. The van der Waals surface area contributed by atoms with Gasteiger partial charge in [-0.25, -0.2) is 5.84 Å². The van der Waals surface area contributed by atoms with Crippen molar-refractivity contribution in [2.24, 2.45) is 11.3 Å². The van der Waals surface area contributed by atoms with E-state index in [0.717, 1.165) is 5.57 Å². The van der Waals surface area contributed by atoms with Gasteiger partial charge in [0.1, 0.15) is 0 Å². The van der Waals surface area contributed by atoms with Crippen molar-refractivity contribution in [2.75, 3.05) is 0 Å². The Kier molecular flexibility index (Phi) is 6.03. The first-order chi connectivity index (χ1) is 4.88. The van der Waals surface area contributed by atoms with Gasteiger partial charge in [-0.1, -0.05) is 26.3 Å². The predicted molar refractivity (Wildman–Crippen MR) is 52.8 cm³/mol. The standard InChI is InChI=1S/C8H16N2O.ClH/c1-6(8(2,3)4)5-7(11)10-9;/h5H,9H2,1-4H3,(H,10,11);1H/b6-5+;. The van der Waals surface area contributed by atoms with Crippen molar-refractivity contribution in [2.45, 2.75) is 27.7 Å². The summed E-state index contributed by atoms with van der Waals surface area (Å²) in [6.07, 6.45) is 1.51. The number of hydrazine groups is 1. The average Bonchev–Trinajstić information content (AvgIpc) is 1.85. The molecule has 0 aliphatic carbocycles. The van der Waals surface area contributed by atoms with E-state index in [1.807, 2.05) is 27.7 Å². The van der Waals surface area contributed by atoms with Gasteiger partial charge in [-0.15, -0.1) is 12.4 Å². The number of amides is 1. The number of halogens is 1. The largest absolute Gasteiger partial charge is 0.291 e. The van der Waals surface area contributed by atoms with Gasteiger partial charge in [0.25, 0.3) is 5.91 Å². The van der Waals surface area contributed by atoms with Crippen LogP contribution in [-0.4, -0.2) is 5.91 Å². The second kappa shape index (κ2) is 5.17. The third-order valence-corrected chi connectivity index (χ3v) is 1.67. The van der Waals surface area contributed by atoms with Crippen LogP contribution in [0, 0.1) is 5.41 Å². The molecule has 0 aromatic heterocycles. The zero-order valence-electron chi connectivity index (χ0n) is 7.97. The Morgan fingerprint density at radius 3 is 2.08 bits per heavy atom. The molecule has 0 rings (SSSR count). The predicted octanol–water partition coefficient (Wildman–Crippen LogP) is 1.39. The fourth-order valence-electron chi connectivity index (χ4n) is 0.455. The molecule has 0 bridgehead atoms. The van der Waals surface area contributed by atoms with E-state index in [0.29, 0.717) is 0 Å². The molecule has 0 heterocycles. The number of nitrogens with one attached hydrogen (secondary N) is 1. The van der Waals surface area contributed by atoms with Crippen molar-refractivity contribution >= 4 is 18.3 Å². The maximum absolute atomic E-state index is 10.8. The Morgan fingerprint density at radius 1 is 1.42 bits per heavy atom. The minimum absolute atomic E-state index is 0.